The molecular formula is C15H16. The minimum Gasteiger partial charge on any atom is -0.0769 e. The van der Waals surface area contributed by atoms with Crippen LogP contribution in [0.15, 0.2) is 29.9 Å². The van der Waals surface area contributed by atoms with Gasteiger partial charge in [0.05, 0.1) is 0 Å². The Morgan fingerprint density at radius 2 is 1.87 bits per heavy atom. The Bertz CT molecular complexity index is 487. The maximum atomic E-state index is 2.38. The molecule has 0 unspecified atom stereocenters. The van der Waals surface area contributed by atoms with Gasteiger partial charge < -0.3 is 0 Å². The van der Waals surface area contributed by atoms with Crippen molar-refractivity contribution in [3.8, 4) is 0 Å². The van der Waals surface area contributed by atoms with Crippen LogP contribution in [-0.4, -0.2) is 0 Å². The largest absolute Gasteiger partial charge is 0.0769 e. The zero-order chi connectivity index (χ0) is 10.4. The van der Waals surface area contributed by atoms with Crippen molar-refractivity contribution in [3.63, 3.8) is 0 Å². The fourth-order valence-corrected chi connectivity index (χ4v) is 2.91. The lowest BCUT2D eigenvalue weighted by atomic mass is 9.82. The third-order valence-electron chi connectivity index (χ3n) is 3.58. The number of hydrogen-bond donors (Lipinski definition) is 0. The van der Waals surface area contributed by atoms with E-state index in [1.807, 2.05) is 0 Å². The number of fused-ring (bicyclic) bond motifs is 3. The molecule has 0 saturated heterocycles. The molecule has 0 heteroatoms. The minimum atomic E-state index is 1.14. The highest BCUT2D eigenvalue weighted by Gasteiger charge is 2.21. The number of aryl methyl sites for hydroxylation is 2. The summed E-state index contributed by atoms with van der Waals surface area (Å²) < 4.78 is 0. The van der Waals surface area contributed by atoms with Crippen LogP contribution in [0.5, 0.6) is 0 Å². The van der Waals surface area contributed by atoms with Crippen molar-refractivity contribution in [2.75, 3.05) is 0 Å². The minimum absolute atomic E-state index is 1.14. The number of benzene rings is 1. The lowest BCUT2D eigenvalue weighted by molar-refractivity contribution is 0.928. The molecule has 0 heterocycles. The molecule has 0 N–H and O–H groups in total. The van der Waals surface area contributed by atoms with E-state index in [9.17, 15) is 0 Å². The first-order chi connectivity index (χ1) is 7.25. The van der Waals surface area contributed by atoms with E-state index in [2.05, 4.69) is 38.1 Å². The quantitative estimate of drug-likeness (QED) is 0.589. The standard InChI is InChI=1S/C15H16/c1-10-8-11(2)13-7-6-12-4-3-5-14(12)15(13)9-10/h4-5,8-9H,3,6-7H2,1-2H3. The maximum absolute atomic E-state index is 2.38. The summed E-state index contributed by atoms with van der Waals surface area (Å²) in [5, 5.41) is 0. The highest BCUT2D eigenvalue weighted by Crippen LogP contribution is 2.40. The summed E-state index contributed by atoms with van der Waals surface area (Å²) in [7, 11) is 0. The molecule has 0 atom stereocenters. The second-order valence-electron chi connectivity index (χ2n) is 4.69. The van der Waals surface area contributed by atoms with Gasteiger partial charge in [0, 0.05) is 0 Å². The summed E-state index contributed by atoms with van der Waals surface area (Å²) in [5.41, 5.74) is 9.03. The van der Waals surface area contributed by atoms with Gasteiger partial charge in [0.15, 0.2) is 0 Å². The Balaban J connectivity index is 2.26. The first kappa shape index (κ1) is 8.96. The van der Waals surface area contributed by atoms with Crippen LogP contribution in [-0.2, 0) is 6.42 Å². The number of hydrogen-bond acceptors (Lipinski definition) is 0. The average Bonchev–Trinajstić information content (AvgIpc) is 2.65. The molecule has 0 saturated carbocycles. The molecule has 0 spiro atoms. The molecule has 2 aliphatic carbocycles. The Labute approximate surface area is 91.3 Å². The summed E-state index contributed by atoms with van der Waals surface area (Å²) in [5.74, 6) is 0. The third-order valence-corrected chi connectivity index (χ3v) is 3.58. The lowest BCUT2D eigenvalue weighted by Crippen LogP contribution is -2.06. The second-order valence-corrected chi connectivity index (χ2v) is 4.69. The summed E-state index contributed by atoms with van der Waals surface area (Å²) in [6.45, 7) is 4.44. The lowest BCUT2D eigenvalue weighted by Gasteiger charge is -2.22. The fourth-order valence-electron chi connectivity index (χ4n) is 2.91. The van der Waals surface area contributed by atoms with E-state index in [1.54, 1.807) is 11.1 Å². The van der Waals surface area contributed by atoms with Crippen molar-refractivity contribution in [3.05, 3.63) is 52.1 Å². The highest BCUT2D eigenvalue weighted by molar-refractivity contribution is 5.85. The molecular weight excluding hydrogens is 180 g/mol. The number of allylic oxidation sites excluding steroid dienone is 4. The van der Waals surface area contributed by atoms with Crippen molar-refractivity contribution in [1.29, 1.82) is 0 Å². The van der Waals surface area contributed by atoms with E-state index in [0.717, 1.165) is 6.42 Å². The highest BCUT2D eigenvalue weighted by atomic mass is 14.3. The average molecular weight is 196 g/mol. The van der Waals surface area contributed by atoms with Crippen LogP contribution < -0.4 is 0 Å². The topological polar surface area (TPSA) is 0 Å². The molecule has 15 heavy (non-hydrogen) atoms. The second kappa shape index (κ2) is 3.10. The van der Waals surface area contributed by atoms with Crippen molar-refractivity contribution in [2.45, 2.75) is 33.1 Å². The Kier molecular flexibility index (Phi) is 1.85. The SMILES string of the molecule is Cc1cc(C)c2c(c1)C1=CCC=C1CC2. The van der Waals surface area contributed by atoms with Gasteiger partial charge in [0.25, 0.3) is 0 Å². The van der Waals surface area contributed by atoms with Crippen LogP contribution in [0.1, 0.15) is 35.1 Å². The Morgan fingerprint density at radius 1 is 1.00 bits per heavy atom. The first-order valence-corrected chi connectivity index (χ1v) is 5.76. The molecule has 0 nitrogen and oxygen atoms in total. The normalized spacial score (nSPS) is 18.0. The molecule has 0 aromatic heterocycles. The molecule has 0 fully saturated rings. The Hall–Kier alpha value is -1.30. The molecule has 0 radical (unpaired) electrons. The van der Waals surface area contributed by atoms with Crippen LogP contribution in [0.4, 0.5) is 0 Å². The van der Waals surface area contributed by atoms with E-state index < -0.39 is 0 Å². The summed E-state index contributed by atoms with van der Waals surface area (Å²) >= 11 is 0. The zero-order valence-electron chi connectivity index (χ0n) is 9.43. The first-order valence-electron chi connectivity index (χ1n) is 5.76. The molecule has 1 aromatic carbocycles. The van der Waals surface area contributed by atoms with Crippen molar-refractivity contribution < 1.29 is 0 Å². The predicted octanol–water partition coefficient (Wildman–Crippen LogP) is 3.96. The molecule has 0 aliphatic heterocycles. The van der Waals surface area contributed by atoms with Gasteiger partial charge in [-0.3, -0.25) is 0 Å². The van der Waals surface area contributed by atoms with Gasteiger partial charge in [-0.05, 0) is 60.9 Å². The fraction of sp³-hybridized carbons (Fsp3) is 0.333. The van der Waals surface area contributed by atoms with E-state index >= 15 is 0 Å². The van der Waals surface area contributed by atoms with Crippen molar-refractivity contribution >= 4 is 5.57 Å². The van der Waals surface area contributed by atoms with Crippen LogP contribution >= 0.6 is 0 Å². The number of rotatable bonds is 0. The van der Waals surface area contributed by atoms with Crippen molar-refractivity contribution in [2.24, 2.45) is 0 Å². The maximum Gasteiger partial charge on any atom is -0.0147 e. The summed E-state index contributed by atoms with van der Waals surface area (Å²) in [6, 6.07) is 4.66. The van der Waals surface area contributed by atoms with Crippen molar-refractivity contribution in [1.82, 2.24) is 0 Å². The van der Waals surface area contributed by atoms with Gasteiger partial charge in [0.1, 0.15) is 0 Å². The molecule has 0 bridgehead atoms. The van der Waals surface area contributed by atoms with Gasteiger partial charge in [-0.15, -0.1) is 0 Å². The zero-order valence-corrected chi connectivity index (χ0v) is 9.43. The smallest absolute Gasteiger partial charge is 0.0147 e. The van der Waals surface area contributed by atoms with Gasteiger partial charge in [-0.25, -0.2) is 0 Å². The van der Waals surface area contributed by atoms with Crippen LogP contribution in [0.25, 0.3) is 5.57 Å². The van der Waals surface area contributed by atoms with Gasteiger partial charge in [0.2, 0.25) is 0 Å². The van der Waals surface area contributed by atoms with E-state index in [1.165, 1.54) is 35.1 Å². The summed E-state index contributed by atoms with van der Waals surface area (Å²) in [6.07, 6.45) is 8.37. The monoisotopic (exact) mass is 196 g/mol. The molecule has 1 aromatic rings. The van der Waals surface area contributed by atoms with Crippen LogP contribution in [0.2, 0.25) is 0 Å². The van der Waals surface area contributed by atoms with E-state index in [4.69, 9.17) is 0 Å². The predicted molar refractivity (Wildman–Crippen MR) is 64.9 cm³/mol. The molecule has 0 amide bonds. The van der Waals surface area contributed by atoms with Gasteiger partial charge in [-0.1, -0.05) is 29.8 Å². The summed E-state index contributed by atoms with van der Waals surface area (Å²) in [4.78, 5) is 0. The van der Waals surface area contributed by atoms with Gasteiger partial charge >= 0.3 is 0 Å². The van der Waals surface area contributed by atoms with E-state index in [0.29, 0.717) is 0 Å². The Morgan fingerprint density at radius 3 is 2.73 bits per heavy atom. The molecule has 76 valence electrons. The van der Waals surface area contributed by atoms with Gasteiger partial charge in [-0.2, -0.15) is 0 Å². The third kappa shape index (κ3) is 1.28. The molecule has 2 aliphatic rings. The van der Waals surface area contributed by atoms with Crippen LogP contribution in [0, 0.1) is 13.8 Å². The molecule has 3 rings (SSSR count). The van der Waals surface area contributed by atoms with Crippen LogP contribution in [0.3, 0.4) is 0 Å². The van der Waals surface area contributed by atoms with E-state index in [-0.39, 0.29) is 0 Å².